The summed E-state index contributed by atoms with van der Waals surface area (Å²) >= 11 is 1.31. The van der Waals surface area contributed by atoms with E-state index in [1.165, 1.54) is 11.3 Å². The van der Waals surface area contributed by atoms with Crippen LogP contribution in [0.3, 0.4) is 0 Å². The number of hydrogen-bond acceptors (Lipinski definition) is 8. The molecule has 0 bridgehead atoms. The van der Waals surface area contributed by atoms with Gasteiger partial charge < -0.3 is 23.9 Å². The van der Waals surface area contributed by atoms with E-state index in [0.717, 1.165) is 23.8 Å². The fourth-order valence-corrected chi connectivity index (χ4v) is 4.80. The summed E-state index contributed by atoms with van der Waals surface area (Å²) in [7, 11) is 3.10. The molecular formula is C28H20F2N4O5S. The van der Waals surface area contributed by atoms with Gasteiger partial charge in [0.15, 0.2) is 5.76 Å². The molecule has 0 fully saturated rings. The number of imidazole rings is 1. The number of amides is 1. The van der Waals surface area contributed by atoms with E-state index >= 15 is 0 Å². The van der Waals surface area contributed by atoms with Gasteiger partial charge in [-0.15, -0.1) is 5.10 Å². The molecule has 40 heavy (non-hydrogen) atoms. The number of rotatable bonds is 8. The number of carbonyl (C=O) groups excluding carboxylic acids is 1. The number of ether oxygens (including phenoxy) is 3. The predicted molar refractivity (Wildman–Crippen MR) is 144 cm³/mol. The second-order valence-corrected chi connectivity index (χ2v) is 9.56. The minimum atomic E-state index is -0.814. The number of hydrogen-bond donors (Lipinski definition) is 1. The first-order valence-electron chi connectivity index (χ1n) is 11.9. The van der Waals surface area contributed by atoms with E-state index in [9.17, 15) is 13.6 Å². The topological polar surface area (TPSA) is 100 Å². The predicted octanol–water partition coefficient (Wildman–Crippen LogP) is 6.33. The van der Waals surface area contributed by atoms with Gasteiger partial charge in [-0.1, -0.05) is 12.1 Å². The Kier molecular flexibility index (Phi) is 6.52. The van der Waals surface area contributed by atoms with Crippen LogP contribution < -0.4 is 19.5 Å². The quantitative estimate of drug-likeness (QED) is 0.231. The normalized spacial score (nSPS) is 11.2. The van der Waals surface area contributed by atoms with Gasteiger partial charge in [0.1, 0.15) is 41.0 Å². The molecule has 3 heterocycles. The Morgan fingerprint density at radius 2 is 1.95 bits per heavy atom. The van der Waals surface area contributed by atoms with Crippen LogP contribution in [-0.2, 0) is 6.61 Å². The molecule has 0 aliphatic carbocycles. The number of nitrogens with one attached hydrogen (secondary N) is 1. The van der Waals surface area contributed by atoms with Gasteiger partial charge in [0, 0.05) is 17.8 Å². The van der Waals surface area contributed by atoms with Crippen molar-refractivity contribution in [2.24, 2.45) is 0 Å². The van der Waals surface area contributed by atoms with E-state index in [2.05, 4.69) is 15.4 Å². The van der Waals surface area contributed by atoms with E-state index in [0.29, 0.717) is 49.8 Å². The summed E-state index contributed by atoms with van der Waals surface area (Å²) in [6.45, 7) is 0.144. The van der Waals surface area contributed by atoms with Crippen LogP contribution in [0.25, 0.3) is 27.4 Å². The lowest BCUT2D eigenvalue weighted by molar-refractivity contribution is 0.102. The van der Waals surface area contributed by atoms with Gasteiger partial charge in [0.05, 0.1) is 31.4 Å². The second-order valence-electron chi connectivity index (χ2n) is 8.64. The Morgan fingerprint density at radius 3 is 2.75 bits per heavy atom. The van der Waals surface area contributed by atoms with Gasteiger partial charge in [0.25, 0.3) is 11.1 Å². The van der Waals surface area contributed by atoms with Crippen LogP contribution in [0, 0.1) is 11.6 Å². The van der Waals surface area contributed by atoms with E-state index in [1.54, 1.807) is 55.3 Å². The van der Waals surface area contributed by atoms with E-state index < -0.39 is 17.5 Å². The van der Waals surface area contributed by atoms with Crippen molar-refractivity contribution >= 4 is 38.9 Å². The number of benzene rings is 3. The zero-order valence-electron chi connectivity index (χ0n) is 21.1. The van der Waals surface area contributed by atoms with Gasteiger partial charge >= 0.3 is 0 Å². The molecule has 3 aromatic heterocycles. The maximum atomic E-state index is 14.0. The molecule has 202 valence electrons. The van der Waals surface area contributed by atoms with E-state index in [1.807, 2.05) is 12.1 Å². The van der Waals surface area contributed by atoms with Gasteiger partial charge in [0.2, 0.25) is 4.96 Å². The highest BCUT2D eigenvalue weighted by atomic mass is 32.1. The molecule has 1 amide bonds. The summed E-state index contributed by atoms with van der Waals surface area (Å²) in [5.74, 6) is -0.695. The van der Waals surface area contributed by atoms with Crippen molar-refractivity contribution in [2.45, 2.75) is 6.61 Å². The number of aromatic nitrogens is 3. The number of furan rings is 1. The molecular weight excluding hydrogens is 542 g/mol. The zero-order chi connectivity index (χ0) is 27.8. The van der Waals surface area contributed by atoms with Crippen molar-refractivity contribution < 1.29 is 32.2 Å². The fourth-order valence-electron chi connectivity index (χ4n) is 4.10. The SMILES string of the molecule is COc1cc(OCc2cccc(NC(=O)c3cc(F)ccc3F)c2)c2cc(-c3cn4nc(OC)sc4n3)oc2c1. The van der Waals surface area contributed by atoms with Crippen LogP contribution in [0.2, 0.25) is 0 Å². The minimum absolute atomic E-state index is 0.144. The van der Waals surface area contributed by atoms with Crippen molar-refractivity contribution in [3.63, 3.8) is 0 Å². The van der Waals surface area contributed by atoms with Crippen molar-refractivity contribution in [3.8, 4) is 28.1 Å². The molecule has 0 spiro atoms. The first-order valence-corrected chi connectivity index (χ1v) is 12.7. The first kappa shape index (κ1) is 25.3. The molecule has 12 heteroatoms. The van der Waals surface area contributed by atoms with E-state index in [4.69, 9.17) is 18.6 Å². The third-order valence-electron chi connectivity index (χ3n) is 6.01. The summed E-state index contributed by atoms with van der Waals surface area (Å²) in [4.78, 5) is 17.7. The molecule has 1 N–H and O–H groups in total. The Balaban J connectivity index is 1.23. The summed E-state index contributed by atoms with van der Waals surface area (Å²) < 4.78 is 51.9. The molecule has 0 saturated carbocycles. The largest absolute Gasteiger partial charge is 0.496 e. The highest BCUT2D eigenvalue weighted by Crippen LogP contribution is 2.37. The van der Waals surface area contributed by atoms with Crippen LogP contribution in [0.15, 0.2) is 71.3 Å². The highest BCUT2D eigenvalue weighted by molar-refractivity contribution is 7.18. The van der Waals surface area contributed by atoms with Gasteiger partial charge in [-0.25, -0.2) is 18.3 Å². The molecule has 0 aliphatic heterocycles. The van der Waals surface area contributed by atoms with Gasteiger partial charge in [-0.2, -0.15) is 0 Å². The lowest BCUT2D eigenvalue weighted by atomic mass is 10.1. The number of anilines is 1. The summed E-state index contributed by atoms with van der Waals surface area (Å²) in [6.07, 6.45) is 1.75. The first-order chi connectivity index (χ1) is 19.4. The number of halogens is 2. The smallest absolute Gasteiger partial charge is 0.294 e. The maximum Gasteiger partial charge on any atom is 0.294 e. The molecule has 0 saturated heterocycles. The molecule has 6 rings (SSSR count). The zero-order valence-corrected chi connectivity index (χ0v) is 21.9. The molecule has 3 aromatic carbocycles. The molecule has 9 nitrogen and oxygen atoms in total. The number of fused-ring (bicyclic) bond motifs is 2. The van der Waals surface area contributed by atoms with Gasteiger partial charge in [-0.3, -0.25) is 4.79 Å². The third kappa shape index (κ3) is 4.92. The lowest BCUT2D eigenvalue weighted by Gasteiger charge is -2.11. The Bertz CT molecular complexity index is 1850. The van der Waals surface area contributed by atoms with Gasteiger partial charge in [-0.05, 0) is 53.3 Å². The average molecular weight is 563 g/mol. The number of nitrogens with zero attached hydrogens (tertiary/aromatic N) is 3. The molecule has 6 aromatic rings. The fraction of sp³-hybridized carbons (Fsp3) is 0.107. The minimum Gasteiger partial charge on any atom is -0.496 e. The highest BCUT2D eigenvalue weighted by Gasteiger charge is 2.18. The maximum absolute atomic E-state index is 14.0. The summed E-state index contributed by atoms with van der Waals surface area (Å²) in [6, 6.07) is 14.9. The van der Waals surface area contributed by atoms with Crippen LogP contribution in [0.5, 0.6) is 16.7 Å². The standard InChI is InChI=1S/C28H20F2N4O5S/c1-36-18-10-23(20-12-25(39-24(20)11-18)22-13-34-27(32-22)40-28(33-34)37-2)38-14-15-4-3-5-17(8-15)31-26(35)19-9-16(29)6-7-21(19)30/h3-13H,14H2,1-2H3,(H,31,35). The lowest BCUT2D eigenvalue weighted by Crippen LogP contribution is -2.14. The van der Waals surface area contributed by atoms with Crippen molar-refractivity contribution in [2.75, 3.05) is 19.5 Å². The summed E-state index contributed by atoms with van der Waals surface area (Å²) in [5, 5.41) is 8.10. The average Bonchev–Trinajstić information content (AvgIpc) is 3.66. The van der Waals surface area contributed by atoms with Crippen molar-refractivity contribution in [3.05, 3.63) is 89.6 Å². The molecule has 0 radical (unpaired) electrons. The third-order valence-corrected chi connectivity index (χ3v) is 6.90. The number of methoxy groups -OCH3 is 2. The van der Waals surface area contributed by atoms with E-state index in [-0.39, 0.29) is 12.2 Å². The Hall–Kier alpha value is -4.97. The Labute approximate surface area is 229 Å². The number of carbonyl (C=O) groups is 1. The molecule has 0 atom stereocenters. The summed E-state index contributed by atoms with van der Waals surface area (Å²) in [5.41, 5.74) is 1.89. The van der Waals surface area contributed by atoms with Crippen molar-refractivity contribution in [1.29, 1.82) is 0 Å². The van der Waals surface area contributed by atoms with Crippen LogP contribution in [0.4, 0.5) is 14.5 Å². The van der Waals surface area contributed by atoms with Crippen LogP contribution in [-0.4, -0.2) is 34.7 Å². The second kappa shape index (κ2) is 10.3. The van der Waals surface area contributed by atoms with Crippen LogP contribution in [0.1, 0.15) is 15.9 Å². The molecule has 0 unspecified atom stereocenters. The molecule has 0 aliphatic rings. The monoisotopic (exact) mass is 562 g/mol. The Morgan fingerprint density at radius 1 is 1.07 bits per heavy atom. The van der Waals surface area contributed by atoms with Crippen molar-refractivity contribution in [1.82, 2.24) is 14.6 Å². The van der Waals surface area contributed by atoms with Crippen LogP contribution >= 0.6 is 11.3 Å².